The molecule has 5 nitrogen and oxygen atoms in total. The van der Waals surface area contributed by atoms with Crippen molar-refractivity contribution in [3.8, 4) is 0 Å². The lowest BCUT2D eigenvalue weighted by Crippen LogP contribution is -2.40. The van der Waals surface area contributed by atoms with Crippen LogP contribution < -0.4 is 10.9 Å². The third-order valence-corrected chi connectivity index (χ3v) is 2.69. The molecule has 0 fully saturated rings. The van der Waals surface area contributed by atoms with Crippen LogP contribution in [0.2, 0.25) is 0 Å². The highest BCUT2D eigenvalue weighted by Gasteiger charge is 2.38. The maximum Gasteiger partial charge on any atom is 0.415 e. The van der Waals surface area contributed by atoms with Crippen LogP contribution in [0.25, 0.3) is 0 Å². The molecule has 0 bridgehead atoms. The Bertz CT molecular complexity index is 499. The van der Waals surface area contributed by atoms with Crippen LogP contribution in [0.15, 0.2) is 4.79 Å². The van der Waals surface area contributed by atoms with Crippen LogP contribution in [-0.2, 0) is 0 Å². The number of H-pyrrole nitrogens is 1. The first kappa shape index (κ1) is 15.6. The van der Waals surface area contributed by atoms with Gasteiger partial charge in [0.25, 0.3) is 5.56 Å². The fourth-order valence-electron chi connectivity index (χ4n) is 1.75. The van der Waals surface area contributed by atoms with Crippen molar-refractivity contribution in [2.24, 2.45) is 0 Å². The summed E-state index contributed by atoms with van der Waals surface area (Å²) in [6.45, 7) is 4.08. The van der Waals surface area contributed by atoms with Crippen molar-refractivity contribution >= 4 is 0 Å². The van der Waals surface area contributed by atoms with E-state index >= 15 is 0 Å². The van der Waals surface area contributed by atoms with Crippen molar-refractivity contribution in [1.29, 1.82) is 0 Å². The molecule has 19 heavy (non-hydrogen) atoms. The Labute approximate surface area is 107 Å². The normalized spacial score (nSPS) is 15.3. The number of nitrogens with zero attached hydrogens (tertiary/aromatic N) is 1. The molecule has 1 heterocycles. The van der Waals surface area contributed by atoms with Gasteiger partial charge in [0, 0.05) is 18.3 Å². The molecule has 8 heteroatoms. The minimum absolute atomic E-state index is 0.264. The second kappa shape index (κ2) is 5.70. The number of rotatable bonds is 4. The highest BCUT2D eigenvalue weighted by Crippen LogP contribution is 2.20. The summed E-state index contributed by atoms with van der Waals surface area (Å²) in [7, 11) is 0. The molecule has 0 saturated carbocycles. The molecule has 0 aliphatic heterocycles. The van der Waals surface area contributed by atoms with Gasteiger partial charge in [-0.3, -0.25) is 4.79 Å². The van der Waals surface area contributed by atoms with E-state index in [1.165, 1.54) is 6.92 Å². The lowest BCUT2D eigenvalue weighted by atomic mass is 10.1. The van der Waals surface area contributed by atoms with Crippen molar-refractivity contribution in [3.05, 3.63) is 27.4 Å². The number of nitrogens with one attached hydrogen (secondary N) is 2. The lowest BCUT2D eigenvalue weighted by molar-refractivity contribution is -0.202. The van der Waals surface area contributed by atoms with Gasteiger partial charge in [-0.05, 0) is 20.8 Å². The summed E-state index contributed by atoms with van der Waals surface area (Å²) in [4.78, 5) is 18.3. The molecule has 0 aromatic carbocycles. The molecule has 0 amide bonds. The van der Waals surface area contributed by atoms with Gasteiger partial charge >= 0.3 is 6.18 Å². The van der Waals surface area contributed by atoms with Crippen LogP contribution in [0.1, 0.15) is 30.0 Å². The number of alkyl halides is 3. The van der Waals surface area contributed by atoms with Gasteiger partial charge in [-0.15, -0.1) is 0 Å². The largest absolute Gasteiger partial charge is 0.415 e. The van der Waals surface area contributed by atoms with Crippen molar-refractivity contribution < 1.29 is 18.3 Å². The van der Waals surface area contributed by atoms with E-state index in [2.05, 4.69) is 15.3 Å². The third-order valence-electron chi connectivity index (χ3n) is 2.69. The maximum atomic E-state index is 12.1. The molecule has 1 aromatic rings. The molecular weight excluding hydrogens is 263 g/mol. The molecule has 0 aliphatic carbocycles. The third kappa shape index (κ3) is 4.03. The highest BCUT2D eigenvalue weighted by molar-refractivity contribution is 5.19. The molecule has 0 spiro atoms. The Hall–Kier alpha value is -1.41. The Morgan fingerprint density at radius 2 is 2.00 bits per heavy atom. The summed E-state index contributed by atoms with van der Waals surface area (Å²) in [5.41, 5.74) is 0.314. The summed E-state index contributed by atoms with van der Waals surface area (Å²) < 4.78 is 36.4. The highest BCUT2D eigenvalue weighted by atomic mass is 19.4. The molecule has 0 aliphatic rings. The summed E-state index contributed by atoms with van der Waals surface area (Å²) >= 11 is 0. The second-order valence-electron chi connectivity index (χ2n) is 4.34. The standard InChI is InChI=1S/C11H16F3N3O2/c1-5(15-4-8(18)11(12,13)14)9-6(2)16-7(3)17-10(9)19/h5,8,15,18H,4H2,1-3H3,(H,16,17,19). The number of halogens is 3. The van der Waals surface area contributed by atoms with Gasteiger partial charge in [-0.1, -0.05) is 0 Å². The zero-order chi connectivity index (χ0) is 14.8. The van der Waals surface area contributed by atoms with Gasteiger partial charge in [0.2, 0.25) is 0 Å². The predicted molar refractivity (Wildman–Crippen MR) is 62.8 cm³/mol. The first-order chi connectivity index (χ1) is 8.62. The van der Waals surface area contributed by atoms with E-state index in [9.17, 15) is 18.0 Å². The van der Waals surface area contributed by atoms with Gasteiger partial charge in [-0.25, -0.2) is 4.98 Å². The average molecular weight is 279 g/mol. The summed E-state index contributed by atoms with van der Waals surface area (Å²) in [6.07, 6.45) is -7.15. The summed E-state index contributed by atoms with van der Waals surface area (Å²) in [6, 6.07) is -0.645. The van der Waals surface area contributed by atoms with E-state index in [0.29, 0.717) is 11.5 Å². The van der Waals surface area contributed by atoms with Gasteiger partial charge < -0.3 is 15.4 Å². The molecule has 1 rings (SSSR count). The van der Waals surface area contributed by atoms with Crippen LogP contribution in [0.5, 0.6) is 0 Å². The topological polar surface area (TPSA) is 78.0 Å². The second-order valence-corrected chi connectivity index (χ2v) is 4.34. The SMILES string of the molecule is Cc1nc(C)c(C(C)NCC(O)C(F)(F)F)c(=O)[nH]1. The average Bonchev–Trinajstić information content (AvgIpc) is 2.22. The number of aliphatic hydroxyl groups excluding tert-OH is 1. The number of hydrogen-bond acceptors (Lipinski definition) is 4. The van der Waals surface area contributed by atoms with E-state index in [4.69, 9.17) is 5.11 Å². The van der Waals surface area contributed by atoms with E-state index in [1.54, 1.807) is 13.8 Å². The van der Waals surface area contributed by atoms with Crippen molar-refractivity contribution in [2.75, 3.05) is 6.54 Å². The Morgan fingerprint density at radius 1 is 1.42 bits per heavy atom. The number of aliphatic hydroxyl groups is 1. The van der Waals surface area contributed by atoms with Crippen LogP contribution in [0, 0.1) is 13.8 Å². The van der Waals surface area contributed by atoms with Gasteiger partial charge in [0.05, 0.1) is 5.56 Å². The minimum Gasteiger partial charge on any atom is -0.382 e. The van der Waals surface area contributed by atoms with Crippen LogP contribution in [0.3, 0.4) is 0 Å². The number of aromatic amines is 1. The quantitative estimate of drug-likeness (QED) is 0.767. The first-order valence-corrected chi connectivity index (χ1v) is 5.68. The molecule has 108 valence electrons. The van der Waals surface area contributed by atoms with Crippen LogP contribution in [-0.4, -0.2) is 33.9 Å². The van der Waals surface area contributed by atoms with Crippen LogP contribution >= 0.6 is 0 Å². The number of aromatic nitrogens is 2. The number of aryl methyl sites for hydroxylation is 2. The van der Waals surface area contributed by atoms with Crippen LogP contribution in [0.4, 0.5) is 13.2 Å². The zero-order valence-corrected chi connectivity index (χ0v) is 10.8. The molecule has 2 unspecified atom stereocenters. The fourth-order valence-corrected chi connectivity index (χ4v) is 1.75. The Morgan fingerprint density at radius 3 is 2.47 bits per heavy atom. The zero-order valence-electron chi connectivity index (χ0n) is 10.8. The molecule has 0 saturated heterocycles. The summed E-state index contributed by atoms with van der Waals surface area (Å²) in [5.74, 6) is 0.439. The Balaban J connectivity index is 2.80. The molecule has 0 radical (unpaired) electrons. The Kier molecular flexibility index (Phi) is 4.70. The molecule has 1 aromatic heterocycles. The first-order valence-electron chi connectivity index (χ1n) is 5.68. The van der Waals surface area contributed by atoms with Crippen molar-refractivity contribution in [3.63, 3.8) is 0 Å². The van der Waals surface area contributed by atoms with Gasteiger partial charge in [0.1, 0.15) is 5.82 Å². The molecular formula is C11H16F3N3O2. The minimum atomic E-state index is -4.68. The summed E-state index contributed by atoms with van der Waals surface area (Å²) in [5, 5.41) is 11.4. The van der Waals surface area contributed by atoms with Crippen molar-refractivity contribution in [2.45, 2.75) is 39.1 Å². The van der Waals surface area contributed by atoms with Gasteiger partial charge in [0.15, 0.2) is 6.10 Å². The fraction of sp³-hybridized carbons (Fsp3) is 0.636. The lowest BCUT2D eigenvalue weighted by Gasteiger charge is -2.19. The van der Waals surface area contributed by atoms with Crippen molar-refractivity contribution in [1.82, 2.24) is 15.3 Å². The number of hydrogen-bond donors (Lipinski definition) is 3. The predicted octanol–water partition coefficient (Wildman–Crippen LogP) is 0.961. The van der Waals surface area contributed by atoms with Gasteiger partial charge in [-0.2, -0.15) is 13.2 Å². The van der Waals surface area contributed by atoms with E-state index in [1.807, 2.05) is 0 Å². The monoisotopic (exact) mass is 279 g/mol. The van der Waals surface area contributed by atoms with E-state index in [-0.39, 0.29) is 5.56 Å². The molecule has 2 atom stereocenters. The molecule has 3 N–H and O–H groups in total. The maximum absolute atomic E-state index is 12.1. The van der Waals surface area contributed by atoms with E-state index < -0.39 is 30.4 Å². The smallest absolute Gasteiger partial charge is 0.382 e. The van der Waals surface area contributed by atoms with E-state index in [0.717, 1.165) is 0 Å².